The second-order valence-corrected chi connectivity index (χ2v) is 3.71. The van der Waals surface area contributed by atoms with Crippen molar-refractivity contribution in [3.8, 4) is 0 Å². The number of benzene rings is 1. The van der Waals surface area contributed by atoms with Gasteiger partial charge in [0.1, 0.15) is 11.9 Å². The smallest absolute Gasteiger partial charge is 0.262 e. The Morgan fingerprint density at radius 1 is 1.27 bits per heavy atom. The normalized spacial score (nSPS) is 20.3. The molecular formula is C10H10ClN3O. The molecule has 1 aliphatic rings. The second kappa shape index (κ2) is 3.90. The van der Waals surface area contributed by atoms with Gasteiger partial charge < -0.3 is 0 Å². The highest BCUT2D eigenvalue weighted by Crippen LogP contribution is 2.11. The molecular weight excluding hydrogens is 214 g/mol. The number of nitrogens with zero attached hydrogens (tertiary/aromatic N) is 1. The Kier molecular flexibility index (Phi) is 2.60. The first-order valence-electron chi connectivity index (χ1n) is 4.56. The van der Waals surface area contributed by atoms with E-state index in [1.54, 1.807) is 19.1 Å². The maximum Gasteiger partial charge on any atom is 0.262 e. The van der Waals surface area contributed by atoms with Crippen LogP contribution in [-0.4, -0.2) is 17.8 Å². The molecule has 0 saturated heterocycles. The van der Waals surface area contributed by atoms with Crippen LogP contribution in [-0.2, 0) is 4.79 Å². The van der Waals surface area contributed by atoms with Crippen LogP contribution < -0.4 is 10.9 Å². The van der Waals surface area contributed by atoms with Gasteiger partial charge in [0.05, 0.1) is 0 Å². The summed E-state index contributed by atoms with van der Waals surface area (Å²) in [4.78, 5) is 15.3. The van der Waals surface area contributed by atoms with Gasteiger partial charge >= 0.3 is 0 Å². The zero-order valence-electron chi connectivity index (χ0n) is 8.12. The Balaban J connectivity index is 2.28. The van der Waals surface area contributed by atoms with Crippen LogP contribution in [0.15, 0.2) is 29.3 Å². The molecule has 1 amide bonds. The van der Waals surface area contributed by atoms with Gasteiger partial charge in [-0.2, -0.15) is 0 Å². The number of amides is 1. The quantitative estimate of drug-likeness (QED) is 0.750. The van der Waals surface area contributed by atoms with Gasteiger partial charge in [0, 0.05) is 10.6 Å². The molecule has 0 radical (unpaired) electrons. The highest BCUT2D eigenvalue weighted by molar-refractivity contribution is 6.30. The zero-order chi connectivity index (χ0) is 10.8. The summed E-state index contributed by atoms with van der Waals surface area (Å²) in [5, 5.41) is 0.673. The summed E-state index contributed by atoms with van der Waals surface area (Å²) in [6.07, 6.45) is 0. The topological polar surface area (TPSA) is 53.5 Å². The van der Waals surface area contributed by atoms with Crippen molar-refractivity contribution in [1.82, 2.24) is 10.9 Å². The van der Waals surface area contributed by atoms with E-state index in [0.717, 1.165) is 5.56 Å². The molecule has 2 rings (SSSR count). The number of amidine groups is 1. The van der Waals surface area contributed by atoms with Gasteiger partial charge in [0.15, 0.2) is 0 Å². The Morgan fingerprint density at radius 2 is 1.93 bits per heavy atom. The van der Waals surface area contributed by atoms with Crippen molar-refractivity contribution in [1.29, 1.82) is 0 Å². The van der Waals surface area contributed by atoms with Crippen molar-refractivity contribution in [2.24, 2.45) is 4.99 Å². The SMILES string of the molecule is CC1N=C(c2ccc(Cl)cc2)NNC1=O. The Labute approximate surface area is 92.3 Å². The molecule has 15 heavy (non-hydrogen) atoms. The summed E-state index contributed by atoms with van der Waals surface area (Å²) in [6, 6.07) is 6.89. The Morgan fingerprint density at radius 3 is 2.53 bits per heavy atom. The first kappa shape index (κ1) is 9.98. The summed E-state index contributed by atoms with van der Waals surface area (Å²) in [7, 11) is 0. The summed E-state index contributed by atoms with van der Waals surface area (Å²) in [5.74, 6) is 0.520. The molecule has 4 nitrogen and oxygen atoms in total. The number of halogens is 1. The van der Waals surface area contributed by atoms with E-state index in [0.29, 0.717) is 10.9 Å². The Hall–Kier alpha value is -1.55. The number of nitrogens with one attached hydrogen (secondary N) is 2. The maximum atomic E-state index is 11.1. The monoisotopic (exact) mass is 223 g/mol. The molecule has 0 aliphatic carbocycles. The number of aliphatic imine (C=N–C) groups is 1. The fourth-order valence-corrected chi connectivity index (χ4v) is 1.39. The third-order valence-electron chi connectivity index (χ3n) is 2.12. The molecule has 0 spiro atoms. The zero-order valence-corrected chi connectivity index (χ0v) is 8.88. The van der Waals surface area contributed by atoms with E-state index in [9.17, 15) is 4.79 Å². The molecule has 0 fully saturated rings. The minimum Gasteiger partial charge on any atom is -0.282 e. The van der Waals surface area contributed by atoms with E-state index in [1.165, 1.54) is 0 Å². The van der Waals surface area contributed by atoms with Crippen molar-refractivity contribution in [3.05, 3.63) is 34.9 Å². The van der Waals surface area contributed by atoms with E-state index < -0.39 is 0 Å². The second-order valence-electron chi connectivity index (χ2n) is 3.27. The van der Waals surface area contributed by atoms with Crippen LogP contribution in [0.25, 0.3) is 0 Å². The summed E-state index contributed by atoms with van der Waals surface area (Å²) >= 11 is 5.77. The number of hydrogen-bond acceptors (Lipinski definition) is 3. The lowest BCUT2D eigenvalue weighted by atomic mass is 10.2. The highest BCUT2D eigenvalue weighted by atomic mass is 35.5. The maximum absolute atomic E-state index is 11.1. The number of hydrazine groups is 1. The highest BCUT2D eigenvalue weighted by Gasteiger charge is 2.18. The predicted octanol–water partition coefficient (Wildman–Crippen LogP) is 1.11. The van der Waals surface area contributed by atoms with E-state index >= 15 is 0 Å². The molecule has 1 aromatic rings. The molecule has 78 valence electrons. The fraction of sp³-hybridized carbons (Fsp3) is 0.200. The van der Waals surface area contributed by atoms with Crippen LogP contribution >= 0.6 is 11.6 Å². The molecule has 0 aromatic heterocycles. The van der Waals surface area contributed by atoms with Crippen molar-refractivity contribution in [2.45, 2.75) is 13.0 Å². The minimum absolute atomic E-state index is 0.132. The summed E-state index contributed by atoms with van der Waals surface area (Å²) < 4.78 is 0. The van der Waals surface area contributed by atoms with Crippen LogP contribution in [0.3, 0.4) is 0 Å². The standard InChI is InChI=1S/C10H10ClN3O/c1-6-10(15)14-13-9(12-6)7-2-4-8(11)5-3-7/h2-6H,1H3,(H,12,13)(H,14,15). The van der Waals surface area contributed by atoms with Crippen LogP contribution in [0.2, 0.25) is 5.02 Å². The van der Waals surface area contributed by atoms with E-state index in [-0.39, 0.29) is 11.9 Å². The summed E-state index contributed by atoms with van der Waals surface area (Å²) in [5.41, 5.74) is 6.18. The molecule has 5 heteroatoms. The lowest BCUT2D eigenvalue weighted by molar-refractivity contribution is -0.122. The number of carbonyl (C=O) groups is 1. The first-order chi connectivity index (χ1) is 7.16. The van der Waals surface area contributed by atoms with Crippen molar-refractivity contribution >= 4 is 23.3 Å². The average molecular weight is 224 g/mol. The molecule has 0 saturated carbocycles. The van der Waals surface area contributed by atoms with Gasteiger partial charge in [0.2, 0.25) is 0 Å². The number of rotatable bonds is 1. The van der Waals surface area contributed by atoms with Gasteiger partial charge in [-0.15, -0.1) is 0 Å². The van der Waals surface area contributed by atoms with Crippen LogP contribution in [0, 0.1) is 0 Å². The molecule has 1 unspecified atom stereocenters. The summed E-state index contributed by atoms with van der Waals surface area (Å²) in [6.45, 7) is 1.74. The molecule has 1 aromatic carbocycles. The molecule has 0 bridgehead atoms. The average Bonchev–Trinajstić information content (AvgIpc) is 2.23. The van der Waals surface area contributed by atoms with Gasteiger partial charge in [-0.05, 0) is 31.2 Å². The third kappa shape index (κ3) is 2.10. The Bertz CT molecular complexity index is 413. The molecule has 1 atom stereocenters. The lowest BCUT2D eigenvalue weighted by Gasteiger charge is -2.19. The largest absolute Gasteiger partial charge is 0.282 e. The third-order valence-corrected chi connectivity index (χ3v) is 2.38. The van der Waals surface area contributed by atoms with Crippen molar-refractivity contribution < 1.29 is 4.79 Å². The van der Waals surface area contributed by atoms with Crippen LogP contribution in [0.4, 0.5) is 0 Å². The van der Waals surface area contributed by atoms with Crippen LogP contribution in [0.5, 0.6) is 0 Å². The number of hydrogen-bond donors (Lipinski definition) is 2. The first-order valence-corrected chi connectivity index (χ1v) is 4.94. The van der Waals surface area contributed by atoms with Crippen molar-refractivity contribution in [3.63, 3.8) is 0 Å². The van der Waals surface area contributed by atoms with E-state index in [1.807, 2.05) is 12.1 Å². The van der Waals surface area contributed by atoms with Gasteiger partial charge in [-0.25, -0.2) is 0 Å². The molecule has 1 heterocycles. The fourth-order valence-electron chi connectivity index (χ4n) is 1.26. The van der Waals surface area contributed by atoms with Crippen LogP contribution in [0.1, 0.15) is 12.5 Å². The van der Waals surface area contributed by atoms with Crippen molar-refractivity contribution in [2.75, 3.05) is 0 Å². The lowest BCUT2D eigenvalue weighted by Crippen LogP contribution is -2.50. The minimum atomic E-state index is -0.364. The van der Waals surface area contributed by atoms with Gasteiger partial charge in [0.25, 0.3) is 5.91 Å². The van der Waals surface area contributed by atoms with Gasteiger partial charge in [-0.3, -0.25) is 20.6 Å². The van der Waals surface area contributed by atoms with E-state index in [4.69, 9.17) is 11.6 Å². The molecule has 1 aliphatic heterocycles. The predicted molar refractivity (Wildman–Crippen MR) is 58.7 cm³/mol. The number of carbonyl (C=O) groups excluding carboxylic acids is 1. The van der Waals surface area contributed by atoms with Gasteiger partial charge in [-0.1, -0.05) is 11.6 Å². The van der Waals surface area contributed by atoms with E-state index in [2.05, 4.69) is 15.8 Å². The molecule has 2 N–H and O–H groups in total.